The molecule has 7 heteroatoms. The molecule has 0 spiro atoms. The molecule has 30 heavy (non-hydrogen) atoms. The topological polar surface area (TPSA) is 73.9 Å². The molecule has 0 fully saturated rings. The normalized spacial score (nSPS) is 16.1. The molecular weight excluding hydrogens is 450 g/mol. The molecule has 1 N–H and O–H groups in total. The summed E-state index contributed by atoms with van der Waals surface area (Å²) in [6, 6.07) is 13.4. The van der Waals surface area contributed by atoms with Crippen molar-refractivity contribution in [3.05, 3.63) is 69.3 Å². The number of allylic oxidation sites excluding steroid dienone is 1. The lowest BCUT2D eigenvalue weighted by atomic mass is 9.84. The Labute approximate surface area is 184 Å². The average Bonchev–Trinajstić information content (AvgIpc) is 2.73. The molecule has 2 aromatic rings. The van der Waals surface area contributed by atoms with Crippen LogP contribution in [0.2, 0.25) is 0 Å². The van der Waals surface area contributed by atoms with Crippen LogP contribution in [0, 0.1) is 0 Å². The Balaban J connectivity index is 1.86. The van der Waals surface area contributed by atoms with Gasteiger partial charge in [-0.3, -0.25) is 4.79 Å². The fraction of sp³-hybridized carbons (Fsp3) is 0.304. The highest BCUT2D eigenvalue weighted by molar-refractivity contribution is 9.10. The van der Waals surface area contributed by atoms with E-state index in [9.17, 15) is 9.59 Å². The number of hydrogen-bond donors (Lipinski definition) is 1. The number of esters is 1. The number of benzene rings is 2. The first kappa shape index (κ1) is 21.9. The molecule has 158 valence electrons. The molecule has 0 aromatic heterocycles. The molecule has 1 heterocycles. The molecule has 0 saturated carbocycles. The van der Waals surface area contributed by atoms with Gasteiger partial charge in [0.25, 0.3) is 0 Å². The monoisotopic (exact) mass is 473 g/mol. The molecule has 2 aromatic carbocycles. The van der Waals surface area contributed by atoms with Gasteiger partial charge in [-0.05, 0) is 30.2 Å². The molecule has 1 aliphatic heterocycles. The van der Waals surface area contributed by atoms with E-state index in [0.29, 0.717) is 29.2 Å². The van der Waals surface area contributed by atoms with Gasteiger partial charge in [-0.2, -0.15) is 0 Å². The lowest BCUT2D eigenvalue weighted by Crippen LogP contribution is -2.34. The maximum absolute atomic E-state index is 13.0. The quantitative estimate of drug-likeness (QED) is 0.611. The maximum atomic E-state index is 13.0. The van der Waals surface area contributed by atoms with Crippen molar-refractivity contribution in [1.82, 2.24) is 5.32 Å². The van der Waals surface area contributed by atoms with Gasteiger partial charge in [-0.25, -0.2) is 4.79 Å². The van der Waals surface area contributed by atoms with Gasteiger partial charge in [-0.15, -0.1) is 0 Å². The molecule has 1 amide bonds. The minimum atomic E-state index is -0.461. The van der Waals surface area contributed by atoms with Crippen LogP contribution in [0.1, 0.15) is 30.4 Å². The van der Waals surface area contributed by atoms with Crippen molar-refractivity contribution < 1.29 is 23.8 Å². The van der Waals surface area contributed by atoms with Crippen LogP contribution in [-0.4, -0.2) is 32.7 Å². The van der Waals surface area contributed by atoms with Gasteiger partial charge in [0.2, 0.25) is 5.91 Å². The molecule has 3 rings (SSSR count). The summed E-state index contributed by atoms with van der Waals surface area (Å²) < 4.78 is 17.0. The number of carbonyl (C=O) groups is 2. The van der Waals surface area contributed by atoms with Gasteiger partial charge in [-0.1, -0.05) is 46.3 Å². The molecule has 6 nitrogen and oxygen atoms in total. The van der Waals surface area contributed by atoms with Crippen LogP contribution in [0.4, 0.5) is 0 Å². The first-order chi connectivity index (χ1) is 14.4. The maximum Gasteiger partial charge on any atom is 0.336 e. The fourth-order valence-electron chi connectivity index (χ4n) is 3.56. The zero-order valence-corrected chi connectivity index (χ0v) is 18.7. The summed E-state index contributed by atoms with van der Waals surface area (Å²) in [5.74, 6) is 0.0319. The zero-order valence-electron chi connectivity index (χ0n) is 17.2. The molecule has 0 unspecified atom stereocenters. The van der Waals surface area contributed by atoms with Crippen LogP contribution in [0.25, 0.3) is 0 Å². The van der Waals surface area contributed by atoms with Gasteiger partial charge < -0.3 is 19.5 Å². The van der Waals surface area contributed by atoms with Gasteiger partial charge in [0, 0.05) is 28.9 Å². The highest BCUT2D eigenvalue weighted by Gasteiger charge is 2.34. The number of halogens is 1. The fourth-order valence-corrected chi connectivity index (χ4v) is 4.16. The first-order valence-electron chi connectivity index (χ1n) is 9.57. The van der Waals surface area contributed by atoms with Gasteiger partial charge in [0.1, 0.15) is 0 Å². The first-order valence-corrected chi connectivity index (χ1v) is 10.4. The van der Waals surface area contributed by atoms with E-state index < -0.39 is 11.9 Å². The Morgan fingerprint density at radius 3 is 2.47 bits per heavy atom. The number of hydrogen-bond acceptors (Lipinski definition) is 5. The Kier molecular flexibility index (Phi) is 7.15. The highest BCUT2D eigenvalue weighted by Crippen LogP contribution is 2.42. The van der Waals surface area contributed by atoms with E-state index in [0.717, 1.165) is 15.6 Å². The Hall–Kier alpha value is -2.80. The lowest BCUT2D eigenvalue weighted by molar-refractivity contribution is -0.139. The van der Waals surface area contributed by atoms with E-state index in [1.54, 1.807) is 33.3 Å². The van der Waals surface area contributed by atoms with Crippen molar-refractivity contribution in [1.29, 1.82) is 0 Å². The van der Waals surface area contributed by atoms with Gasteiger partial charge in [0.05, 0.1) is 26.4 Å². The summed E-state index contributed by atoms with van der Waals surface area (Å²) in [7, 11) is 3.10. The van der Waals surface area contributed by atoms with Crippen LogP contribution in [0.3, 0.4) is 0 Å². The average molecular weight is 474 g/mol. The summed E-state index contributed by atoms with van der Waals surface area (Å²) in [5, 5.41) is 2.76. The standard InChI is InChI=1S/C23H24BrNO5/c1-14-22(23(27)30-10-9-15-7-5-4-6-8-15)17(12-21(26)25-14)16-11-19(28-2)20(29-3)13-18(16)24/h4-8,11,13,17H,9-10,12H2,1-3H3,(H,25,26)/t17-/m0/s1. The number of carbonyl (C=O) groups excluding carboxylic acids is 2. The molecule has 0 bridgehead atoms. The third-order valence-electron chi connectivity index (χ3n) is 5.03. The number of methoxy groups -OCH3 is 2. The van der Waals surface area contributed by atoms with E-state index in [1.807, 2.05) is 30.3 Å². The van der Waals surface area contributed by atoms with Crippen molar-refractivity contribution >= 4 is 27.8 Å². The van der Waals surface area contributed by atoms with Crippen molar-refractivity contribution in [2.75, 3.05) is 20.8 Å². The van der Waals surface area contributed by atoms with E-state index in [4.69, 9.17) is 14.2 Å². The minimum Gasteiger partial charge on any atom is -0.493 e. The molecule has 0 saturated heterocycles. The van der Waals surface area contributed by atoms with Crippen LogP contribution in [-0.2, 0) is 20.7 Å². The van der Waals surface area contributed by atoms with E-state index in [2.05, 4.69) is 21.2 Å². The van der Waals surface area contributed by atoms with E-state index in [-0.39, 0.29) is 18.9 Å². The molecule has 0 radical (unpaired) electrons. The Bertz CT molecular complexity index is 971. The molecule has 1 atom stereocenters. The molecule has 0 aliphatic carbocycles. The second kappa shape index (κ2) is 9.80. The number of amides is 1. The Morgan fingerprint density at radius 1 is 1.13 bits per heavy atom. The summed E-state index contributed by atoms with van der Waals surface area (Å²) in [4.78, 5) is 25.2. The van der Waals surface area contributed by atoms with Crippen molar-refractivity contribution in [2.24, 2.45) is 0 Å². The summed E-state index contributed by atoms with van der Waals surface area (Å²) >= 11 is 3.54. The SMILES string of the molecule is COc1cc(Br)c([C@@H]2CC(=O)NC(C)=C2C(=O)OCCc2ccccc2)cc1OC. The molecule has 1 aliphatic rings. The van der Waals surface area contributed by atoms with Gasteiger partial charge >= 0.3 is 5.97 Å². The zero-order chi connectivity index (χ0) is 21.7. The Morgan fingerprint density at radius 2 is 1.80 bits per heavy atom. The van der Waals surface area contributed by atoms with Crippen LogP contribution in [0.5, 0.6) is 11.5 Å². The second-order valence-electron chi connectivity index (χ2n) is 6.94. The number of rotatable bonds is 7. The lowest BCUT2D eigenvalue weighted by Gasteiger charge is -2.28. The predicted octanol–water partition coefficient (Wildman–Crippen LogP) is 4.13. The van der Waals surface area contributed by atoms with Crippen LogP contribution < -0.4 is 14.8 Å². The highest BCUT2D eigenvalue weighted by atomic mass is 79.9. The molecular formula is C23H24BrNO5. The number of nitrogens with one attached hydrogen (secondary N) is 1. The van der Waals surface area contributed by atoms with E-state index >= 15 is 0 Å². The predicted molar refractivity (Wildman–Crippen MR) is 117 cm³/mol. The largest absolute Gasteiger partial charge is 0.493 e. The van der Waals surface area contributed by atoms with E-state index in [1.165, 1.54) is 0 Å². The summed E-state index contributed by atoms with van der Waals surface area (Å²) in [6.45, 7) is 1.97. The van der Waals surface area contributed by atoms with Crippen LogP contribution in [0.15, 0.2) is 58.2 Å². The summed E-state index contributed by atoms with van der Waals surface area (Å²) in [5.41, 5.74) is 2.79. The second-order valence-corrected chi connectivity index (χ2v) is 7.80. The van der Waals surface area contributed by atoms with Crippen molar-refractivity contribution in [3.8, 4) is 11.5 Å². The number of ether oxygens (including phenoxy) is 3. The summed E-state index contributed by atoms with van der Waals surface area (Å²) in [6.07, 6.45) is 0.754. The van der Waals surface area contributed by atoms with Crippen molar-refractivity contribution in [2.45, 2.75) is 25.7 Å². The third kappa shape index (κ3) is 4.84. The van der Waals surface area contributed by atoms with Crippen molar-refractivity contribution in [3.63, 3.8) is 0 Å². The smallest absolute Gasteiger partial charge is 0.336 e. The van der Waals surface area contributed by atoms with Crippen LogP contribution >= 0.6 is 15.9 Å². The van der Waals surface area contributed by atoms with Gasteiger partial charge in [0.15, 0.2) is 11.5 Å². The third-order valence-corrected chi connectivity index (χ3v) is 5.72. The minimum absolute atomic E-state index is 0.133.